The first-order chi connectivity index (χ1) is 8.13. The minimum Gasteiger partial charge on any atom is -0.361 e. The number of alkyl halides is 1. The largest absolute Gasteiger partial charge is 0.361 e. The number of rotatable bonds is 1. The van der Waals surface area contributed by atoms with Crippen LogP contribution in [0, 0.1) is 11.7 Å². The summed E-state index contributed by atoms with van der Waals surface area (Å²) in [6, 6.07) is 6.52. The first-order valence-electron chi connectivity index (χ1n) is 5.92. The molecule has 0 aliphatic rings. The predicted octanol–water partition coefficient (Wildman–Crippen LogP) is 5.37. The second-order valence-electron chi connectivity index (χ2n) is 3.76. The van der Waals surface area contributed by atoms with E-state index in [1.807, 2.05) is 19.9 Å². The molecule has 0 saturated heterocycles. The van der Waals surface area contributed by atoms with Gasteiger partial charge in [0.2, 0.25) is 0 Å². The van der Waals surface area contributed by atoms with E-state index in [0.29, 0.717) is 0 Å². The summed E-state index contributed by atoms with van der Waals surface area (Å²) in [6.07, 6.45) is 1.80. The summed E-state index contributed by atoms with van der Waals surface area (Å²) in [5.74, 6) is 0.613. The molecule has 3 heteroatoms. The molecule has 0 bridgehead atoms. The zero-order valence-electron chi connectivity index (χ0n) is 10.9. The zero-order valence-corrected chi connectivity index (χ0v) is 12.5. The Bertz CT molecular complexity index is 409. The van der Waals surface area contributed by atoms with E-state index in [1.54, 1.807) is 12.3 Å². The lowest BCUT2D eigenvalue weighted by Gasteiger charge is -1.88. The molecule has 1 nitrogen and oxygen atoms in total. The highest BCUT2D eigenvalue weighted by Crippen LogP contribution is 2.12. The molecule has 0 radical (unpaired) electrons. The van der Waals surface area contributed by atoms with Crippen LogP contribution in [0.4, 0.5) is 4.39 Å². The number of fused-ring (bicyclic) bond motifs is 1. The molecule has 2 aromatic rings. The quantitative estimate of drug-likeness (QED) is 0.682. The Morgan fingerprint density at radius 3 is 2.35 bits per heavy atom. The molecule has 0 aliphatic carbocycles. The van der Waals surface area contributed by atoms with E-state index in [1.165, 1.54) is 12.1 Å². The fraction of sp³-hybridized carbons (Fsp3) is 0.429. The maximum Gasteiger partial charge on any atom is 0.123 e. The molecule has 0 saturated carbocycles. The molecule has 1 aromatic heterocycles. The number of H-pyrrole nitrogens is 1. The highest BCUT2D eigenvalue weighted by molar-refractivity contribution is 9.09. The maximum absolute atomic E-state index is 12.5. The van der Waals surface area contributed by atoms with Crippen LogP contribution in [0.25, 0.3) is 10.9 Å². The molecule has 0 unspecified atom stereocenters. The van der Waals surface area contributed by atoms with Crippen molar-refractivity contribution in [2.45, 2.75) is 27.7 Å². The zero-order chi connectivity index (χ0) is 13.3. The molecule has 0 aliphatic heterocycles. The Hall–Kier alpha value is -0.830. The summed E-state index contributed by atoms with van der Waals surface area (Å²) in [6.45, 7) is 8.35. The summed E-state index contributed by atoms with van der Waals surface area (Å²) in [5.41, 5.74) is 0.974. The van der Waals surface area contributed by atoms with E-state index in [2.05, 4.69) is 34.8 Å². The van der Waals surface area contributed by atoms with Crippen molar-refractivity contribution < 1.29 is 4.39 Å². The molecule has 1 N–H and O–H groups in total. The minimum absolute atomic E-state index is 0.188. The number of halogens is 2. The van der Waals surface area contributed by atoms with E-state index < -0.39 is 0 Å². The number of hydrogen-bond acceptors (Lipinski definition) is 0. The normalized spacial score (nSPS) is 9.35. The molecule has 0 fully saturated rings. The van der Waals surface area contributed by atoms with Crippen molar-refractivity contribution in [2.24, 2.45) is 5.92 Å². The van der Waals surface area contributed by atoms with Crippen molar-refractivity contribution in [1.82, 2.24) is 4.98 Å². The lowest BCUT2D eigenvalue weighted by molar-refractivity contribution is 0.630. The van der Waals surface area contributed by atoms with Gasteiger partial charge in [0.05, 0.1) is 0 Å². The van der Waals surface area contributed by atoms with Gasteiger partial charge in [-0.2, -0.15) is 0 Å². The average molecular weight is 302 g/mol. The van der Waals surface area contributed by atoms with Gasteiger partial charge in [0.1, 0.15) is 5.82 Å². The summed E-state index contributed by atoms with van der Waals surface area (Å²) < 4.78 is 12.5. The minimum atomic E-state index is -0.188. The second kappa shape index (κ2) is 9.23. The van der Waals surface area contributed by atoms with Gasteiger partial charge in [0.15, 0.2) is 0 Å². The van der Waals surface area contributed by atoms with Crippen molar-refractivity contribution in [2.75, 3.05) is 5.33 Å². The topological polar surface area (TPSA) is 15.8 Å². The smallest absolute Gasteiger partial charge is 0.123 e. The van der Waals surface area contributed by atoms with Crippen LogP contribution in [0.3, 0.4) is 0 Å². The van der Waals surface area contributed by atoms with E-state index >= 15 is 0 Å². The van der Waals surface area contributed by atoms with E-state index in [-0.39, 0.29) is 5.82 Å². The van der Waals surface area contributed by atoms with Crippen molar-refractivity contribution >= 4 is 26.8 Å². The fourth-order valence-corrected chi connectivity index (χ4v) is 1.02. The van der Waals surface area contributed by atoms with Crippen LogP contribution in [0.15, 0.2) is 30.5 Å². The second-order valence-corrected chi connectivity index (χ2v) is 4.40. The van der Waals surface area contributed by atoms with E-state index in [9.17, 15) is 4.39 Å². The van der Waals surface area contributed by atoms with Gasteiger partial charge in [-0.05, 0) is 30.2 Å². The van der Waals surface area contributed by atoms with Gasteiger partial charge >= 0.3 is 0 Å². The van der Waals surface area contributed by atoms with Crippen molar-refractivity contribution in [3.05, 3.63) is 36.3 Å². The third-order valence-electron chi connectivity index (χ3n) is 1.82. The van der Waals surface area contributed by atoms with Crippen molar-refractivity contribution in [3.63, 3.8) is 0 Å². The maximum atomic E-state index is 12.5. The molecular formula is C14H21BrFN. The standard InChI is InChI=1S/C8H6FN.C4H9Br.C2H6/c9-7-1-2-8-6(5-7)3-4-10-8;1-4(2)3-5;1-2/h1-5,10H;4H,3H2,1-2H3;1-2H3. The molecule has 1 aromatic carbocycles. The number of aromatic nitrogens is 1. The monoisotopic (exact) mass is 301 g/mol. The number of aromatic amines is 1. The average Bonchev–Trinajstić information content (AvgIpc) is 2.79. The molecule has 0 atom stereocenters. The fourth-order valence-electron chi connectivity index (χ4n) is 1.02. The first-order valence-corrected chi connectivity index (χ1v) is 7.04. The van der Waals surface area contributed by atoms with Gasteiger partial charge in [-0.1, -0.05) is 43.6 Å². The Balaban J connectivity index is 0.000000315. The van der Waals surface area contributed by atoms with Crippen molar-refractivity contribution in [3.8, 4) is 0 Å². The van der Waals surface area contributed by atoms with E-state index in [4.69, 9.17) is 0 Å². The number of hydrogen-bond donors (Lipinski definition) is 1. The molecular weight excluding hydrogens is 281 g/mol. The number of benzene rings is 1. The summed E-state index contributed by atoms with van der Waals surface area (Å²) in [7, 11) is 0. The lowest BCUT2D eigenvalue weighted by atomic mass is 10.2. The van der Waals surface area contributed by atoms with Crippen LogP contribution in [0.1, 0.15) is 27.7 Å². The van der Waals surface area contributed by atoms with Gasteiger partial charge in [-0.25, -0.2) is 4.39 Å². The van der Waals surface area contributed by atoms with Crippen molar-refractivity contribution in [1.29, 1.82) is 0 Å². The van der Waals surface area contributed by atoms with Gasteiger partial charge in [0, 0.05) is 22.4 Å². The molecule has 1 heterocycles. The van der Waals surface area contributed by atoms with Gasteiger partial charge < -0.3 is 4.98 Å². The first kappa shape index (κ1) is 16.2. The van der Waals surface area contributed by atoms with Crippen LogP contribution in [0.5, 0.6) is 0 Å². The summed E-state index contributed by atoms with van der Waals surface area (Å²) in [4.78, 5) is 2.98. The Morgan fingerprint density at radius 1 is 1.24 bits per heavy atom. The summed E-state index contributed by atoms with van der Waals surface area (Å²) in [5, 5.41) is 2.03. The predicted molar refractivity (Wildman–Crippen MR) is 78.2 cm³/mol. The summed E-state index contributed by atoms with van der Waals surface area (Å²) >= 11 is 3.31. The van der Waals surface area contributed by atoms with Gasteiger partial charge in [-0.3, -0.25) is 0 Å². The lowest BCUT2D eigenvalue weighted by Crippen LogP contribution is -1.82. The van der Waals surface area contributed by atoms with Crippen LogP contribution >= 0.6 is 15.9 Å². The SMILES string of the molecule is CC.CC(C)CBr.Fc1ccc2[nH]ccc2c1. The van der Waals surface area contributed by atoms with Crippen LogP contribution in [0.2, 0.25) is 0 Å². The molecule has 2 rings (SSSR count). The van der Waals surface area contributed by atoms with E-state index in [0.717, 1.165) is 22.2 Å². The third kappa shape index (κ3) is 6.47. The number of nitrogens with one attached hydrogen (secondary N) is 1. The van der Waals surface area contributed by atoms with Crippen LogP contribution in [-0.2, 0) is 0 Å². The van der Waals surface area contributed by atoms with Crippen LogP contribution in [-0.4, -0.2) is 10.3 Å². The Morgan fingerprint density at radius 2 is 1.82 bits per heavy atom. The highest BCUT2D eigenvalue weighted by Gasteiger charge is 1.93. The molecule has 0 amide bonds. The highest BCUT2D eigenvalue weighted by atomic mass is 79.9. The Kier molecular flexibility index (Phi) is 8.78. The molecule has 17 heavy (non-hydrogen) atoms. The Labute approximate surface area is 112 Å². The van der Waals surface area contributed by atoms with Crippen LogP contribution < -0.4 is 0 Å². The third-order valence-corrected chi connectivity index (χ3v) is 3.12. The van der Waals surface area contributed by atoms with Gasteiger partial charge in [-0.15, -0.1) is 0 Å². The molecule has 0 spiro atoms. The molecule has 96 valence electrons. The van der Waals surface area contributed by atoms with Gasteiger partial charge in [0.25, 0.3) is 0 Å².